The Balaban J connectivity index is 2.10. The van der Waals surface area contributed by atoms with E-state index in [1.165, 1.54) is 24.3 Å². The summed E-state index contributed by atoms with van der Waals surface area (Å²) in [6.07, 6.45) is 0. The molecule has 0 aliphatic rings. The molecule has 0 spiro atoms. The number of hydrogen-bond acceptors (Lipinski definition) is 1. The third-order valence-corrected chi connectivity index (χ3v) is 3.55. The molecule has 100 valence electrons. The highest BCUT2D eigenvalue weighted by Crippen LogP contribution is 2.23. The van der Waals surface area contributed by atoms with Gasteiger partial charge in [-0.2, -0.15) is 0 Å². The van der Waals surface area contributed by atoms with Crippen molar-refractivity contribution in [1.82, 2.24) is 0 Å². The summed E-state index contributed by atoms with van der Waals surface area (Å²) in [5.41, 5.74) is 1.43. The van der Waals surface area contributed by atoms with Gasteiger partial charge in [-0.1, -0.05) is 39.7 Å². The summed E-state index contributed by atoms with van der Waals surface area (Å²) in [6, 6.07) is 8.72. The second-order valence-electron chi connectivity index (χ2n) is 3.92. The van der Waals surface area contributed by atoms with Crippen molar-refractivity contribution in [3.05, 3.63) is 64.2 Å². The fourth-order valence-corrected chi connectivity index (χ4v) is 2.11. The summed E-state index contributed by atoms with van der Waals surface area (Å²) in [7, 11) is 0. The normalized spacial score (nSPS) is 10.5. The lowest BCUT2D eigenvalue weighted by molar-refractivity contribution is 0.290. The maximum absolute atomic E-state index is 13.7. The van der Waals surface area contributed by atoms with E-state index in [1.54, 1.807) is 12.1 Å². The fourth-order valence-electron chi connectivity index (χ4n) is 1.54. The van der Waals surface area contributed by atoms with E-state index in [1.807, 2.05) is 0 Å². The first-order chi connectivity index (χ1) is 9.10. The lowest BCUT2D eigenvalue weighted by Crippen LogP contribution is -1.99. The molecule has 5 heteroatoms. The summed E-state index contributed by atoms with van der Waals surface area (Å²) in [4.78, 5) is 0. The van der Waals surface area contributed by atoms with E-state index in [0.29, 0.717) is 10.9 Å². The van der Waals surface area contributed by atoms with Crippen molar-refractivity contribution in [2.75, 3.05) is 0 Å². The van der Waals surface area contributed by atoms with Crippen molar-refractivity contribution in [3.63, 3.8) is 0 Å². The van der Waals surface area contributed by atoms with Crippen LogP contribution in [0.15, 0.2) is 36.4 Å². The summed E-state index contributed by atoms with van der Waals surface area (Å²) >= 11 is 9.11. The molecule has 0 amide bonds. The fraction of sp³-hybridized carbons (Fsp3) is 0.143. The number of ether oxygens (including phenoxy) is 1. The van der Waals surface area contributed by atoms with Gasteiger partial charge in [0.25, 0.3) is 0 Å². The monoisotopic (exact) mass is 346 g/mol. The van der Waals surface area contributed by atoms with Crippen LogP contribution < -0.4 is 4.74 Å². The Hall–Kier alpha value is -1.13. The molecule has 0 atom stereocenters. The highest BCUT2D eigenvalue weighted by molar-refractivity contribution is 9.08. The third kappa shape index (κ3) is 3.67. The minimum absolute atomic E-state index is 0.0870. The number of halogens is 4. The van der Waals surface area contributed by atoms with E-state index in [9.17, 15) is 8.78 Å². The molecule has 0 aliphatic carbocycles. The maximum Gasteiger partial charge on any atom is 0.165 e. The zero-order chi connectivity index (χ0) is 13.8. The topological polar surface area (TPSA) is 9.23 Å². The molecule has 0 unspecified atom stereocenters. The molecular weight excluding hydrogens is 338 g/mol. The van der Waals surface area contributed by atoms with Crippen LogP contribution in [0.4, 0.5) is 8.78 Å². The molecule has 2 rings (SSSR count). The van der Waals surface area contributed by atoms with E-state index in [4.69, 9.17) is 16.3 Å². The van der Waals surface area contributed by atoms with Gasteiger partial charge in [0.1, 0.15) is 12.4 Å². The standard InChI is InChI=1S/C14H10BrClF2O/c15-7-9-1-4-14(13(18)5-9)19-8-10-2-3-11(17)6-12(10)16/h1-6H,7-8H2. The molecule has 0 heterocycles. The Bertz CT molecular complexity index is 590. The summed E-state index contributed by atoms with van der Waals surface area (Å²) in [5, 5.41) is 0.839. The van der Waals surface area contributed by atoms with Crippen LogP contribution in [-0.2, 0) is 11.9 Å². The first-order valence-corrected chi connectivity index (χ1v) is 7.01. The molecule has 2 aromatic rings. The van der Waals surface area contributed by atoms with Crippen molar-refractivity contribution < 1.29 is 13.5 Å². The molecule has 0 aromatic heterocycles. The predicted molar refractivity (Wildman–Crippen MR) is 74.8 cm³/mol. The van der Waals surface area contributed by atoms with Crippen molar-refractivity contribution in [3.8, 4) is 5.75 Å². The molecule has 0 saturated carbocycles. The Morgan fingerprint density at radius 3 is 2.53 bits per heavy atom. The van der Waals surface area contributed by atoms with Crippen molar-refractivity contribution >= 4 is 27.5 Å². The molecule has 2 aromatic carbocycles. The summed E-state index contributed by atoms with van der Waals surface area (Å²) in [5.74, 6) is -0.707. The first-order valence-electron chi connectivity index (χ1n) is 5.51. The van der Waals surface area contributed by atoms with Crippen LogP contribution in [-0.4, -0.2) is 0 Å². The van der Waals surface area contributed by atoms with Crippen LogP contribution in [0.1, 0.15) is 11.1 Å². The van der Waals surface area contributed by atoms with Crippen molar-refractivity contribution in [2.24, 2.45) is 0 Å². The van der Waals surface area contributed by atoms with Crippen molar-refractivity contribution in [2.45, 2.75) is 11.9 Å². The van der Waals surface area contributed by atoms with Gasteiger partial charge >= 0.3 is 0 Å². The van der Waals surface area contributed by atoms with Crippen LogP contribution in [0.5, 0.6) is 5.75 Å². The number of benzene rings is 2. The van der Waals surface area contributed by atoms with Gasteiger partial charge in [0.2, 0.25) is 0 Å². The minimum Gasteiger partial charge on any atom is -0.486 e. The second kappa shape index (κ2) is 6.35. The highest BCUT2D eigenvalue weighted by atomic mass is 79.9. The molecule has 0 aliphatic heterocycles. The van der Waals surface area contributed by atoms with E-state index >= 15 is 0 Å². The Morgan fingerprint density at radius 2 is 1.89 bits per heavy atom. The summed E-state index contributed by atoms with van der Waals surface area (Å²) < 4.78 is 31.9. The largest absolute Gasteiger partial charge is 0.486 e. The third-order valence-electron chi connectivity index (χ3n) is 2.55. The van der Waals surface area contributed by atoms with Crippen LogP contribution >= 0.6 is 27.5 Å². The van der Waals surface area contributed by atoms with Crippen LogP contribution in [0.2, 0.25) is 5.02 Å². The average Bonchev–Trinajstić information content (AvgIpc) is 2.39. The molecule has 0 fully saturated rings. The smallest absolute Gasteiger partial charge is 0.165 e. The Kier molecular flexibility index (Phi) is 4.77. The zero-order valence-corrected chi connectivity index (χ0v) is 12.1. The van der Waals surface area contributed by atoms with E-state index in [0.717, 1.165) is 5.56 Å². The molecular formula is C14H10BrClF2O. The summed E-state index contributed by atoms with van der Waals surface area (Å²) in [6.45, 7) is 0.0870. The van der Waals surface area contributed by atoms with E-state index < -0.39 is 11.6 Å². The lowest BCUT2D eigenvalue weighted by Gasteiger charge is -2.09. The SMILES string of the molecule is Fc1ccc(COc2ccc(CBr)cc2F)c(Cl)c1. The molecule has 0 bridgehead atoms. The maximum atomic E-state index is 13.7. The van der Waals surface area contributed by atoms with E-state index in [-0.39, 0.29) is 17.4 Å². The van der Waals surface area contributed by atoms with Gasteiger partial charge in [-0.25, -0.2) is 8.78 Å². The second-order valence-corrected chi connectivity index (χ2v) is 4.89. The highest BCUT2D eigenvalue weighted by Gasteiger charge is 2.07. The number of alkyl halides is 1. The zero-order valence-electron chi connectivity index (χ0n) is 9.80. The molecule has 0 saturated heterocycles. The molecule has 1 nitrogen and oxygen atoms in total. The van der Waals surface area contributed by atoms with Gasteiger partial charge < -0.3 is 4.74 Å². The van der Waals surface area contributed by atoms with Gasteiger partial charge in [-0.15, -0.1) is 0 Å². The number of rotatable bonds is 4. The Labute approximate surface area is 123 Å². The Morgan fingerprint density at radius 1 is 1.11 bits per heavy atom. The first kappa shape index (κ1) is 14.3. The van der Waals surface area contributed by atoms with Crippen LogP contribution in [0.25, 0.3) is 0 Å². The average molecular weight is 348 g/mol. The van der Waals surface area contributed by atoms with Gasteiger partial charge in [0.15, 0.2) is 11.6 Å². The van der Waals surface area contributed by atoms with Crippen LogP contribution in [0.3, 0.4) is 0 Å². The lowest BCUT2D eigenvalue weighted by atomic mass is 10.2. The molecule has 0 radical (unpaired) electrons. The van der Waals surface area contributed by atoms with Crippen molar-refractivity contribution in [1.29, 1.82) is 0 Å². The van der Waals surface area contributed by atoms with E-state index in [2.05, 4.69) is 15.9 Å². The number of hydrogen-bond donors (Lipinski definition) is 0. The molecule has 19 heavy (non-hydrogen) atoms. The quantitative estimate of drug-likeness (QED) is 0.700. The van der Waals surface area contributed by atoms with Crippen LogP contribution in [0, 0.1) is 11.6 Å². The van der Waals surface area contributed by atoms with Gasteiger partial charge in [-0.3, -0.25) is 0 Å². The van der Waals surface area contributed by atoms with Gasteiger partial charge in [0, 0.05) is 10.9 Å². The predicted octanol–water partition coefficient (Wildman–Crippen LogP) is 5.09. The molecule has 0 N–H and O–H groups in total. The minimum atomic E-state index is -0.435. The van der Waals surface area contributed by atoms with Gasteiger partial charge in [0.05, 0.1) is 5.02 Å². The van der Waals surface area contributed by atoms with Gasteiger partial charge in [-0.05, 0) is 29.8 Å².